The van der Waals surface area contributed by atoms with Gasteiger partial charge in [-0.15, -0.1) is 0 Å². The molecule has 37 heavy (non-hydrogen) atoms. The Balaban J connectivity index is 1.64. The minimum Gasteiger partial charge on any atom is -0.483 e. The van der Waals surface area contributed by atoms with Crippen molar-refractivity contribution in [3.05, 3.63) is 113 Å². The number of halogens is 1. The number of nitrogens with one attached hydrogen (secondary N) is 1. The molecule has 1 unspecified atom stereocenters. The molecular formula is C31H31ClN2O3. The highest BCUT2D eigenvalue weighted by atomic mass is 35.5. The third kappa shape index (κ3) is 7.11. The van der Waals surface area contributed by atoms with Crippen LogP contribution in [0.2, 0.25) is 5.02 Å². The molecule has 0 spiro atoms. The molecule has 4 aromatic carbocycles. The highest BCUT2D eigenvalue weighted by molar-refractivity contribution is 6.30. The summed E-state index contributed by atoms with van der Waals surface area (Å²) in [6.45, 7) is 3.87. The molecule has 0 bridgehead atoms. The lowest BCUT2D eigenvalue weighted by molar-refractivity contribution is -0.143. The van der Waals surface area contributed by atoms with Crippen molar-refractivity contribution in [2.75, 3.05) is 6.61 Å². The van der Waals surface area contributed by atoms with E-state index in [1.165, 1.54) is 0 Å². The number of benzene rings is 4. The molecule has 1 atom stereocenters. The fourth-order valence-electron chi connectivity index (χ4n) is 4.27. The molecule has 2 amide bonds. The maximum atomic E-state index is 13.7. The van der Waals surface area contributed by atoms with Crippen LogP contribution in [0.1, 0.15) is 25.0 Å². The number of amides is 2. The van der Waals surface area contributed by atoms with Crippen molar-refractivity contribution in [2.45, 2.75) is 38.9 Å². The van der Waals surface area contributed by atoms with E-state index in [2.05, 4.69) is 5.32 Å². The molecule has 0 heterocycles. The molecule has 0 radical (unpaired) electrons. The summed E-state index contributed by atoms with van der Waals surface area (Å²) in [6, 6.07) is 29.9. The second kappa shape index (κ2) is 12.4. The molecule has 190 valence electrons. The van der Waals surface area contributed by atoms with Crippen LogP contribution in [0.4, 0.5) is 0 Å². The highest BCUT2D eigenvalue weighted by Crippen LogP contribution is 2.25. The first-order valence-corrected chi connectivity index (χ1v) is 12.8. The molecule has 0 aliphatic rings. The average Bonchev–Trinajstić information content (AvgIpc) is 2.90. The van der Waals surface area contributed by atoms with Gasteiger partial charge in [0.25, 0.3) is 5.91 Å². The van der Waals surface area contributed by atoms with Crippen LogP contribution in [0.5, 0.6) is 5.75 Å². The summed E-state index contributed by atoms with van der Waals surface area (Å²) < 4.78 is 6.04. The van der Waals surface area contributed by atoms with Gasteiger partial charge in [-0.05, 0) is 48.6 Å². The van der Waals surface area contributed by atoms with Gasteiger partial charge in [0.2, 0.25) is 5.91 Å². The van der Waals surface area contributed by atoms with Crippen LogP contribution in [0.25, 0.3) is 10.8 Å². The van der Waals surface area contributed by atoms with Gasteiger partial charge in [-0.1, -0.05) is 90.5 Å². The van der Waals surface area contributed by atoms with Crippen LogP contribution in [0, 0.1) is 0 Å². The third-order valence-corrected chi connectivity index (χ3v) is 6.32. The lowest BCUT2D eigenvalue weighted by Gasteiger charge is -2.32. The molecule has 0 saturated heterocycles. The summed E-state index contributed by atoms with van der Waals surface area (Å²) in [7, 11) is 0. The van der Waals surface area contributed by atoms with Gasteiger partial charge in [-0.25, -0.2) is 0 Å². The Morgan fingerprint density at radius 3 is 2.24 bits per heavy atom. The second-order valence-electron chi connectivity index (χ2n) is 9.28. The Labute approximate surface area is 223 Å². The number of ether oxygens (including phenoxy) is 1. The van der Waals surface area contributed by atoms with E-state index in [4.69, 9.17) is 16.3 Å². The second-order valence-corrected chi connectivity index (χ2v) is 9.72. The van der Waals surface area contributed by atoms with Crippen molar-refractivity contribution < 1.29 is 14.3 Å². The zero-order valence-electron chi connectivity index (χ0n) is 21.1. The Kier molecular flexibility index (Phi) is 8.81. The van der Waals surface area contributed by atoms with E-state index in [9.17, 15) is 9.59 Å². The molecule has 0 saturated carbocycles. The number of hydrogen-bond acceptors (Lipinski definition) is 3. The van der Waals surface area contributed by atoms with Gasteiger partial charge in [-0.3, -0.25) is 9.59 Å². The monoisotopic (exact) mass is 514 g/mol. The van der Waals surface area contributed by atoms with E-state index < -0.39 is 6.04 Å². The van der Waals surface area contributed by atoms with Crippen LogP contribution in [-0.2, 0) is 22.6 Å². The number of fused-ring (bicyclic) bond motifs is 1. The lowest BCUT2D eigenvalue weighted by atomic mass is 10.0. The minimum atomic E-state index is -0.718. The summed E-state index contributed by atoms with van der Waals surface area (Å²) in [6.07, 6.45) is 0.382. The minimum absolute atomic E-state index is 0.0646. The lowest BCUT2D eigenvalue weighted by Crippen LogP contribution is -2.52. The van der Waals surface area contributed by atoms with Crippen molar-refractivity contribution >= 4 is 34.2 Å². The van der Waals surface area contributed by atoms with Crippen LogP contribution in [0.3, 0.4) is 0 Å². The van der Waals surface area contributed by atoms with Gasteiger partial charge in [-0.2, -0.15) is 0 Å². The third-order valence-electron chi connectivity index (χ3n) is 6.07. The van der Waals surface area contributed by atoms with E-state index in [0.717, 1.165) is 21.9 Å². The first-order chi connectivity index (χ1) is 17.9. The zero-order valence-corrected chi connectivity index (χ0v) is 21.8. The van der Waals surface area contributed by atoms with E-state index >= 15 is 0 Å². The van der Waals surface area contributed by atoms with Crippen molar-refractivity contribution in [3.63, 3.8) is 0 Å². The topological polar surface area (TPSA) is 58.6 Å². The molecule has 4 aromatic rings. The molecule has 4 rings (SSSR count). The van der Waals surface area contributed by atoms with E-state index in [0.29, 0.717) is 17.2 Å². The predicted octanol–water partition coefficient (Wildman–Crippen LogP) is 6.04. The van der Waals surface area contributed by atoms with Crippen molar-refractivity contribution in [1.82, 2.24) is 10.2 Å². The number of nitrogens with zero attached hydrogens (tertiary/aromatic N) is 1. The predicted molar refractivity (Wildman–Crippen MR) is 149 cm³/mol. The quantitative estimate of drug-likeness (QED) is 0.281. The Morgan fingerprint density at radius 2 is 1.51 bits per heavy atom. The molecule has 1 N–H and O–H groups in total. The largest absolute Gasteiger partial charge is 0.483 e. The standard InChI is InChI=1S/C31H31ClN2O3/c1-22(2)33-31(36)28(19-23-9-4-3-5-10-23)34(20-24-15-17-26(32)18-16-24)30(35)21-37-29-14-8-12-25-11-6-7-13-27(25)29/h3-18,22,28H,19-21H2,1-2H3,(H,33,36). The summed E-state index contributed by atoms with van der Waals surface area (Å²) in [5.41, 5.74) is 1.84. The summed E-state index contributed by atoms with van der Waals surface area (Å²) >= 11 is 6.09. The summed E-state index contributed by atoms with van der Waals surface area (Å²) in [5.74, 6) is 0.151. The molecule has 0 aromatic heterocycles. The van der Waals surface area contributed by atoms with Crippen molar-refractivity contribution in [3.8, 4) is 5.75 Å². The molecular weight excluding hydrogens is 484 g/mol. The Hall–Kier alpha value is -3.83. The number of carbonyl (C=O) groups excluding carboxylic acids is 2. The molecule has 0 aliphatic carbocycles. The average molecular weight is 515 g/mol. The maximum Gasteiger partial charge on any atom is 0.261 e. The van der Waals surface area contributed by atoms with Gasteiger partial charge in [0.15, 0.2) is 6.61 Å². The normalized spacial score (nSPS) is 11.8. The molecule has 6 heteroatoms. The van der Waals surface area contributed by atoms with Crippen molar-refractivity contribution in [2.24, 2.45) is 0 Å². The van der Waals surface area contributed by atoms with E-state index in [1.54, 1.807) is 17.0 Å². The van der Waals surface area contributed by atoms with Gasteiger partial charge in [0.05, 0.1) is 0 Å². The Morgan fingerprint density at radius 1 is 0.838 bits per heavy atom. The van der Waals surface area contributed by atoms with Gasteiger partial charge in [0, 0.05) is 29.4 Å². The van der Waals surface area contributed by atoms with Crippen LogP contribution < -0.4 is 10.1 Å². The fourth-order valence-corrected chi connectivity index (χ4v) is 4.39. The highest BCUT2D eigenvalue weighted by Gasteiger charge is 2.31. The molecule has 5 nitrogen and oxygen atoms in total. The zero-order chi connectivity index (χ0) is 26.2. The van der Waals surface area contributed by atoms with Gasteiger partial charge < -0.3 is 15.0 Å². The van der Waals surface area contributed by atoms with Gasteiger partial charge in [0.1, 0.15) is 11.8 Å². The molecule has 0 aliphatic heterocycles. The number of carbonyl (C=O) groups is 2. The smallest absolute Gasteiger partial charge is 0.261 e. The fraction of sp³-hybridized carbons (Fsp3) is 0.226. The number of rotatable bonds is 10. The van der Waals surface area contributed by atoms with Crippen LogP contribution >= 0.6 is 11.6 Å². The Bertz CT molecular complexity index is 1330. The van der Waals surface area contributed by atoms with E-state index in [-0.39, 0.29) is 31.0 Å². The van der Waals surface area contributed by atoms with E-state index in [1.807, 2.05) is 98.8 Å². The SMILES string of the molecule is CC(C)NC(=O)C(Cc1ccccc1)N(Cc1ccc(Cl)cc1)C(=O)COc1cccc2ccccc12. The summed E-state index contributed by atoms with van der Waals surface area (Å²) in [5, 5.41) is 5.57. The van der Waals surface area contributed by atoms with Crippen LogP contribution in [-0.4, -0.2) is 35.4 Å². The first-order valence-electron chi connectivity index (χ1n) is 12.4. The summed E-state index contributed by atoms with van der Waals surface area (Å²) in [4.78, 5) is 28.8. The van der Waals surface area contributed by atoms with Crippen molar-refractivity contribution in [1.29, 1.82) is 0 Å². The van der Waals surface area contributed by atoms with Gasteiger partial charge >= 0.3 is 0 Å². The number of hydrogen-bond donors (Lipinski definition) is 1. The maximum absolute atomic E-state index is 13.7. The molecule has 0 fully saturated rings. The first kappa shape index (κ1) is 26.2. The van der Waals surface area contributed by atoms with Crippen LogP contribution in [0.15, 0.2) is 97.1 Å².